The van der Waals surface area contributed by atoms with E-state index >= 15 is 0 Å². The fourth-order valence-corrected chi connectivity index (χ4v) is 7.98. The Morgan fingerprint density at radius 1 is 1.02 bits per heavy atom. The molecule has 238 valence electrons. The van der Waals surface area contributed by atoms with Crippen molar-refractivity contribution in [2.24, 2.45) is 11.8 Å². The molecule has 7 nitrogen and oxygen atoms in total. The van der Waals surface area contributed by atoms with Gasteiger partial charge in [0, 0.05) is 24.2 Å². The van der Waals surface area contributed by atoms with Gasteiger partial charge in [0.2, 0.25) is 10.0 Å². The Morgan fingerprint density at radius 2 is 1.86 bits per heavy atom. The molecule has 0 amide bonds. The van der Waals surface area contributed by atoms with Crippen LogP contribution < -0.4 is 19.7 Å². The first-order valence-corrected chi connectivity index (χ1v) is 17.3. The van der Waals surface area contributed by atoms with Crippen LogP contribution in [-0.4, -0.2) is 51.1 Å². The second kappa shape index (κ2) is 13.9. The van der Waals surface area contributed by atoms with E-state index in [0.29, 0.717) is 61.7 Å². The number of hydrogen-bond donors (Lipinski definition) is 3. The van der Waals surface area contributed by atoms with Crippen molar-refractivity contribution < 1.29 is 31.4 Å². The first-order chi connectivity index (χ1) is 20.5. The number of rotatable bonds is 2. The Kier molecular flexibility index (Phi) is 10.5. The summed E-state index contributed by atoms with van der Waals surface area (Å²) in [6.07, 6.45) is 0.779. The number of halogens is 4. The number of ether oxygens (including phenoxy) is 1. The zero-order valence-corrected chi connectivity index (χ0v) is 25.8. The number of nitrogens with zero attached hydrogens (tertiary/aromatic N) is 1. The summed E-state index contributed by atoms with van der Waals surface area (Å²) in [5, 5.41) is 14.4. The molecule has 4 atom stereocenters. The van der Waals surface area contributed by atoms with Crippen molar-refractivity contribution in [2.45, 2.75) is 82.8 Å². The molecule has 43 heavy (non-hydrogen) atoms. The van der Waals surface area contributed by atoms with Gasteiger partial charge in [0.15, 0.2) is 0 Å². The second-order valence-corrected chi connectivity index (χ2v) is 14.4. The molecule has 0 aromatic heterocycles. The van der Waals surface area contributed by atoms with Gasteiger partial charge in [-0.25, -0.2) is 8.42 Å². The molecule has 3 aliphatic rings. The molecule has 1 fully saturated rings. The van der Waals surface area contributed by atoms with Gasteiger partial charge in [0.1, 0.15) is 18.6 Å². The number of aliphatic hydroxyl groups excluding tert-OH is 1. The van der Waals surface area contributed by atoms with E-state index in [0.717, 1.165) is 48.9 Å². The zero-order chi connectivity index (χ0) is 30.6. The Hall–Kier alpha value is -2.05. The molecule has 0 spiro atoms. The smallest absolute Gasteiger partial charge is 0.401 e. The Labute approximate surface area is 257 Å². The summed E-state index contributed by atoms with van der Waals surface area (Å²) in [5.41, 5.74) is 3.31. The molecule has 2 bridgehead atoms. The van der Waals surface area contributed by atoms with Gasteiger partial charge in [-0.3, -0.25) is 0 Å². The van der Waals surface area contributed by atoms with E-state index < -0.39 is 29.0 Å². The summed E-state index contributed by atoms with van der Waals surface area (Å²) in [5.74, 6) is 0.716. The average Bonchev–Trinajstić information content (AvgIpc) is 2.95. The largest absolute Gasteiger partial charge is 0.487 e. The van der Waals surface area contributed by atoms with Crippen molar-refractivity contribution in [2.75, 3.05) is 30.3 Å². The summed E-state index contributed by atoms with van der Waals surface area (Å²) >= 11 is 6.29. The molecule has 2 heterocycles. The lowest BCUT2D eigenvalue weighted by Gasteiger charge is -2.45. The highest BCUT2D eigenvalue weighted by molar-refractivity contribution is 7.89. The molecule has 3 N–H and O–H groups in total. The molecule has 0 radical (unpaired) electrons. The van der Waals surface area contributed by atoms with E-state index in [4.69, 9.17) is 16.3 Å². The summed E-state index contributed by atoms with van der Waals surface area (Å²) in [6.45, 7) is 0.597. The topological polar surface area (TPSA) is 90.9 Å². The quantitative estimate of drug-likeness (QED) is 0.367. The van der Waals surface area contributed by atoms with Crippen LogP contribution in [0.25, 0.3) is 0 Å². The van der Waals surface area contributed by atoms with Crippen LogP contribution in [0.1, 0.15) is 74.3 Å². The predicted molar refractivity (Wildman–Crippen MR) is 162 cm³/mol. The molecule has 1 saturated carbocycles. The zero-order valence-electron chi connectivity index (χ0n) is 24.2. The number of sulfonamides is 1. The SMILES string of the molecule is O=S1(=O)CCCCC[C@@H](NCC(F)(F)F)[C@@H]2CC[C@H]2CN2CCCCc3cc(Cl)ccc3COc3ccc(cc32)C(O)N1. The van der Waals surface area contributed by atoms with Crippen LogP contribution in [0.4, 0.5) is 18.9 Å². The van der Waals surface area contributed by atoms with E-state index in [1.165, 1.54) is 0 Å². The van der Waals surface area contributed by atoms with E-state index in [9.17, 15) is 26.7 Å². The fourth-order valence-electron chi connectivity index (χ4n) is 6.60. The maximum atomic E-state index is 13.2. The van der Waals surface area contributed by atoms with Crippen molar-refractivity contribution >= 4 is 27.3 Å². The monoisotopic (exact) mass is 643 g/mol. The Bertz CT molecular complexity index is 1360. The van der Waals surface area contributed by atoms with Gasteiger partial charge < -0.3 is 20.1 Å². The lowest BCUT2D eigenvalue weighted by atomic mass is 9.68. The van der Waals surface area contributed by atoms with Gasteiger partial charge in [0.25, 0.3) is 0 Å². The number of hydrogen-bond acceptors (Lipinski definition) is 6. The maximum Gasteiger partial charge on any atom is 0.401 e. The predicted octanol–water partition coefficient (Wildman–Crippen LogP) is 6.09. The molecule has 5 rings (SSSR count). The van der Waals surface area contributed by atoms with Crippen LogP contribution in [0, 0.1) is 11.8 Å². The second-order valence-electron chi connectivity index (χ2n) is 12.1. The maximum absolute atomic E-state index is 13.2. The van der Waals surface area contributed by atoms with E-state index in [1.54, 1.807) is 18.2 Å². The van der Waals surface area contributed by atoms with Gasteiger partial charge in [-0.15, -0.1) is 0 Å². The summed E-state index contributed by atoms with van der Waals surface area (Å²) in [7, 11) is -3.78. The molecule has 2 aliphatic heterocycles. The average molecular weight is 644 g/mol. The number of nitrogens with one attached hydrogen (secondary N) is 2. The number of aliphatic hydroxyl groups is 1. The molecule has 2 aromatic rings. The Morgan fingerprint density at radius 3 is 2.63 bits per heavy atom. The third-order valence-corrected chi connectivity index (χ3v) is 10.7. The van der Waals surface area contributed by atoms with Crippen LogP contribution in [0.2, 0.25) is 5.02 Å². The minimum atomic E-state index is -4.30. The van der Waals surface area contributed by atoms with Crippen molar-refractivity contribution in [1.29, 1.82) is 0 Å². The van der Waals surface area contributed by atoms with Crippen LogP contribution in [0.5, 0.6) is 5.75 Å². The van der Waals surface area contributed by atoms with E-state index in [2.05, 4.69) is 14.9 Å². The molecular weight excluding hydrogens is 603 g/mol. The van der Waals surface area contributed by atoms with Crippen LogP contribution in [0.3, 0.4) is 0 Å². The molecule has 1 aliphatic carbocycles. The van der Waals surface area contributed by atoms with Gasteiger partial charge in [0.05, 0.1) is 18.0 Å². The van der Waals surface area contributed by atoms with Crippen LogP contribution >= 0.6 is 11.6 Å². The third-order valence-electron chi connectivity index (χ3n) is 9.05. The van der Waals surface area contributed by atoms with Crippen molar-refractivity contribution in [1.82, 2.24) is 10.0 Å². The number of benzene rings is 2. The fraction of sp³-hybridized carbons (Fsp3) is 0.613. The highest BCUT2D eigenvalue weighted by Crippen LogP contribution is 2.42. The first-order valence-electron chi connectivity index (χ1n) is 15.2. The lowest BCUT2D eigenvalue weighted by molar-refractivity contribution is -0.128. The van der Waals surface area contributed by atoms with E-state index in [1.807, 2.05) is 18.2 Å². The van der Waals surface area contributed by atoms with Crippen molar-refractivity contribution in [3.63, 3.8) is 0 Å². The molecule has 0 saturated heterocycles. The van der Waals surface area contributed by atoms with Crippen molar-refractivity contribution in [3.05, 3.63) is 58.1 Å². The lowest BCUT2D eigenvalue weighted by Crippen LogP contribution is -2.50. The molecule has 12 heteroatoms. The number of fused-ring (bicyclic) bond motifs is 3. The normalized spacial score (nSPS) is 27.0. The third kappa shape index (κ3) is 8.78. The first kappa shape index (κ1) is 32.3. The van der Waals surface area contributed by atoms with Crippen LogP contribution in [-0.2, 0) is 23.1 Å². The van der Waals surface area contributed by atoms with Crippen molar-refractivity contribution in [3.8, 4) is 5.75 Å². The van der Waals surface area contributed by atoms with Gasteiger partial charge in [-0.2, -0.15) is 17.9 Å². The summed E-state index contributed by atoms with van der Waals surface area (Å²) in [4.78, 5) is 2.21. The van der Waals surface area contributed by atoms with Crippen LogP contribution in [0.15, 0.2) is 36.4 Å². The molecular formula is C31H41ClF3N3O4S. The van der Waals surface area contributed by atoms with Gasteiger partial charge in [-0.1, -0.05) is 36.6 Å². The van der Waals surface area contributed by atoms with E-state index in [-0.39, 0.29) is 23.6 Å². The summed E-state index contributed by atoms with van der Waals surface area (Å²) in [6, 6.07) is 10.7. The van der Waals surface area contributed by atoms with Gasteiger partial charge in [-0.05, 0) is 97.7 Å². The minimum Gasteiger partial charge on any atom is -0.487 e. The van der Waals surface area contributed by atoms with Gasteiger partial charge >= 0.3 is 6.18 Å². The Balaban J connectivity index is 1.48. The number of alkyl halides is 3. The minimum absolute atomic E-state index is 0.0865. The molecule has 1 unspecified atom stereocenters. The summed E-state index contributed by atoms with van der Waals surface area (Å²) < 4.78 is 73.9. The standard InChI is InChI=1S/C31H41ClF3N3O4S/c32-25-11-8-24-19-42-29-13-10-22-17-28(29)38(14-4-3-6-21(24)16-25)18-23-9-12-26(23)27(36-20-31(33,34)35)7-2-1-5-15-43(40,41)37-30(22)39/h8,10-11,13,16-17,23,26-27,30,36-37,39H,1-7,9,12,14-15,18-20H2/t23-,26+,27+,30?/m0/s1. The number of anilines is 1. The number of aryl methyl sites for hydroxylation is 1. The highest BCUT2D eigenvalue weighted by atomic mass is 35.5. The highest BCUT2D eigenvalue weighted by Gasteiger charge is 2.39. The molecule has 2 aromatic carbocycles.